The molecule has 0 atom stereocenters. The Morgan fingerprint density at radius 2 is 2.30 bits per heavy atom. The maximum Gasteiger partial charge on any atom is 0.105 e. The minimum atomic E-state index is 0.239. The summed E-state index contributed by atoms with van der Waals surface area (Å²) in [5.41, 5.74) is 5.20. The topological polar surface area (TPSA) is 53.1 Å². The van der Waals surface area contributed by atoms with Crippen LogP contribution < -0.4 is 5.73 Å². The number of thioether (sulfide) groups is 1. The molecule has 0 radical (unpaired) electrons. The fourth-order valence-corrected chi connectivity index (χ4v) is 1.11. The van der Waals surface area contributed by atoms with Crippen LogP contribution in [0.4, 0.5) is 0 Å². The first-order valence-electron chi connectivity index (χ1n) is 3.17. The van der Waals surface area contributed by atoms with Crippen molar-refractivity contribution in [2.75, 3.05) is 32.1 Å². The molecular weight excluding hydrogens is 146 g/mol. The van der Waals surface area contributed by atoms with Gasteiger partial charge in [0.05, 0.1) is 6.54 Å². The molecule has 0 aromatic heterocycles. The second-order valence-corrected chi connectivity index (χ2v) is 3.24. The predicted octanol–water partition coefficient (Wildman–Crippen LogP) is 0.217. The van der Waals surface area contributed by atoms with E-state index in [0.29, 0.717) is 6.54 Å². The summed E-state index contributed by atoms with van der Waals surface area (Å²) in [5, 5.41) is 6.99. The van der Waals surface area contributed by atoms with Gasteiger partial charge in [-0.25, -0.2) is 0 Å². The molecule has 0 heterocycles. The fourth-order valence-electron chi connectivity index (χ4n) is 0.617. The Hall–Kier alpha value is -0.220. The van der Waals surface area contributed by atoms with Crippen molar-refractivity contribution in [1.29, 1.82) is 5.41 Å². The van der Waals surface area contributed by atoms with Crippen LogP contribution >= 0.6 is 11.8 Å². The van der Waals surface area contributed by atoms with Crippen LogP contribution in [0.1, 0.15) is 0 Å². The van der Waals surface area contributed by atoms with Crippen molar-refractivity contribution >= 4 is 17.6 Å². The average Bonchev–Trinajstić information content (AvgIpc) is 1.82. The largest absolute Gasteiger partial charge is 0.387 e. The summed E-state index contributed by atoms with van der Waals surface area (Å²) >= 11 is 1.80. The summed E-state index contributed by atoms with van der Waals surface area (Å²) in [6, 6.07) is 0. The Balaban J connectivity index is 3.25. The van der Waals surface area contributed by atoms with Crippen LogP contribution in [-0.2, 0) is 0 Å². The smallest absolute Gasteiger partial charge is 0.105 e. The number of amidine groups is 1. The molecule has 3 N–H and O–H groups in total. The van der Waals surface area contributed by atoms with E-state index in [2.05, 4.69) is 6.26 Å². The third-order valence-corrected chi connectivity index (χ3v) is 1.71. The fraction of sp³-hybridized carbons (Fsp3) is 0.833. The number of nitrogens with two attached hydrogens (primary N) is 1. The van der Waals surface area contributed by atoms with Gasteiger partial charge in [0, 0.05) is 12.3 Å². The molecule has 0 bridgehead atoms. The maximum atomic E-state index is 6.99. The van der Waals surface area contributed by atoms with Crippen LogP contribution in [0.2, 0.25) is 0 Å². The van der Waals surface area contributed by atoms with E-state index in [4.69, 9.17) is 11.1 Å². The molecule has 0 spiro atoms. The molecule has 0 fully saturated rings. The van der Waals surface area contributed by atoms with E-state index in [1.807, 2.05) is 11.9 Å². The van der Waals surface area contributed by atoms with Crippen LogP contribution in [0.5, 0.6) is 0 Å². The van der Waals surface area contributed by atoms with Crippen LogP contribution in [-0.4, -0.2) is 42.9 Å². The molecule has 0 amide bonds. The van der Waals surface area contributed by atoms with Gasteiger partial charge >= 0.3 is 0 Å². The van der Waals surface area contributed by atoms with Crippen molar-refractivity contribution in [2.45, 2.75) is 0 Å². The van der Waals surface area contributed by atoms with Crippen molar-refractivity contribution in [3.63, 3.8) is 0 Å². The molecule has 3 nitrogen and oxygen atoms in total. The highest BCUT2D eigenvalue weighted by atomic mass is 32.2. The second-order valence-electron chi connectivity index (χ2n) is 2.26. The second kappa shape index (κ2) is 5.56. The first-order chi connectivity index (χ1) is 4.66. The van der Waals surface area contributed by atoms with Crippen molar-refractivity contribution in [1.82, 2.24) is 4.90 Å². The number of hydrogen-bond acceptors (Lipinski definition) is 3. The molecule has 0 aliphatic heterocycles. The van der Waals surface area contributed by atoms with Crippen molar-refractivity contribution < 1.29 is 0 Å². The molecule has 0 aliphatic carbocycles. The molecule has 0 rings (SSSR count). The van der Waals surface area contributed by atoms with Crippen molar-refractivity contribution in [2.24, 2.45) is 5.73 Å². The first kappa shape index (κ1) is 9.78. The molecule has 10 heavy (non-hydrogen) atoms. The quantitative estimate of drug-likeness (QED) is 0.448. The molecule has 0 saturated heterocycles. The normalized spacial score (nSPS) is 10.3. The van der Waals surface area contributed by atoms with Crippen LogP contribution in [0.3, 0.4) is 0 Å². The van der Waals surface area contributed by atoms with Gasteiger partial charge in [0.1, 0.15) is 5.84 Å². The van der Waals surface area contributed by atoms with E-state index in [-0.39, 0.29) is 5.84 Å². The van der Waals surface area contributed by atoms with E-state index in [1.54, 1.807) is 11.8 Å². The summed E-state index contributed by atoms with van der Waals surface area (Å²) in [5.74, 6) is 1.34. The first-order valence-corrected chi connectivity index (χ1v) is 4.56. The number of hydrogen-bond donors (Lipinski definition) is 2. The summed E-state index contributed by atoms with van der Waals surface area (Å²) in [7, 11) is 1.97. The Bertz CT molecular complexity index is 105. The van der Waals surface area contributed by atoms with Crippen molar-refractivity contribution in [3.8, 4) is 0 Å². The zero-order chi connectivity index (χ0) is 7.98. The minimum Gasteiger partial charge on any atom is -0.387 e. The Kier molecular flexibility index (Phi) is 5.43. The van der Waals surface area contributed by atoms with Gasteiger partial charge in [0.25, 0.3) is 0 Å². The van der Waals surface area contributed by atoms with Gasteiger partial charge < -0.3 is 5.73 Å². The monoisotopic (exact) mass is 161 g/mol. The average molecular weight is 161 g/mol. The highest BCUT2D eigenvalue weighted by Gasteiger charge is 1.97. The molecule has 0 unspecified atom stereocenters. The number of likely N-dealkylation sites (N-methyl/N-ethyl adjacent to an activating group) is 1. The summed E-state index contributed by atoms with van der Waals surface area (Å²) in [6.07, 6.45) is 2.07. The molecule has 60 valence electrons. The minimum absolute atomic E-state index is 0.239. The van der Waals surface area contributed by atoms with Crippen LogP contribution in [0.25, 0.3) is 0 Å². The van der Waals surface area contributed by atoms with E-state index in [9.17, 15) is 0 Å². The Labute approximate surface area is 66.5 Å². The maximum absolute atomic E-state index is 6.99. The molecular formula is C6H15N3S. The van der Waals surface area contributed by atoms with Gasteiger partial charge in [-0.05, 0) is 13.3 Å². The molecule has 4 heteroatoms. The lowest BCUT2D eigenvalue weighted by molar-refractivity contribution is 0.405. The summed E-state index contributed by atoms with van der Waals surface area (Å²) in [4.78, 5) is 2.04. The number of rotatable bonds is 5. The van der Waals surface area contributed by atoms with E-state index >= 15 is 0 Å². The van der Waals surface area contributed by atoms with E-state index in [1.165, 1.54) is 0 Å². The third-order valence-electron chi connectivity index (χ3n) is 1.12. The molecule has 0 saturated carbocycles. The Morgan fingerprint density at radius 3 is 2.70 bits per heavy atom. The van der Waals surface area contributed by atoms with Crippen molar-refractivity contribution in [3.05, 3.63) is 0 Å². The summed E-state index contributed by atoms with van der Waals surface area (Å²) < 4.78 is 0. The molecule has 0 aliphatic rings. The number of nitrogens with one attached hydrogen (secondary N) is 1. The Morgan fingerprint density at radius 1 is 1.70 bits per heavy atom. The molecule has 0 aromatic rings. The molecule has 0 aromatic carbocycles. The highest BCUT2D eigenvalue weighted by Crippen LogP contribution is 1.91. The lowest BCUT2D eigenvalue weighted by Crippen LogP contribution is -2.31. The van der Waals surface area contributed by atoms with Gasteiger partial charge in [-0.2, -0.15) is 11.8 Å². The zero-order valence-electron chi connectivity index (χ0n) is 6.55. The van der Waals surface area contributed by atoms with Gasteiger partial charge in [-0.1, -0.05) is 0 Å². The number of nitrogens with zero attached hydrogens (tertiary/aromatic N) is 1. The highest BCUT2D eigenvalue weighted by molar-refractivity contribution is 7.98. The zero-order valence-corrected chi connectivity index (χ0v) is 7.37. The SMILES string of the molecule is CSCCN(C)CC(=N)N. The standard InChI is InChI=1S/C6H15N3S/c1-9(3-4-10-2)5-6(7)8/h3-5H2,1-2H3,(H3,7,8). The van der Waals surface area contributed by atoms with Gasteiger partial charge in [-0.15, -0.1) is 0 Å². The van der Waals surface area contributed by atoms with Gasteiger partial charge in [-0.3, -0.25) is 10.3 Å². The van der Waals surface area contributed by atoms with E-state index < -0.39 is 0 Å². The van der Waals surface area contributed by atoms with Gasteiger partial charge in [0.2, 0.25) is 0 Å². The lowest BCUT2D eigenvalue weighted by Gasteiger charge is -2.13. The summed E-state index contributed by atoms with van der Waals surface area (Å²) in [6.45, 7) is 1.58. The lowest BCUT2D eigenvalue weighted by atomic mass is 10.5. The van der Waals surface area contributed by atoms with E-state index in [0.717, 1.165) is 12.3 Å². The van der Waals surface area contributed by atoms with Gasteiger partial charge in [0.15, 0.2) is 0 Å². The van der Waals surface area contributed by atoms with Crippen LogP contribution in [0.15, 0.2) is 0 Å². The predicted molar refractivity (Wildman–Crippen MR) is 47.8 cm³/mol. The third kappa shape index (κ3) is 5.91. The van der Waals surface area contributed by atoms with Crippen LogP contribution in [0, 0.1) is 5.41 Å².